The van der Waals surface area contributed by atoms with Gasteiger partial charge in [-0.05, 0) is 37.1 Å². The number of aryl methyl sites for hydroxylation is 2. The molecule has 0 bridgehead atoms. The van der Waals surface area contributed by atoms with Crippen LogP contribution < -0.4 is 11.2 Å². The fourth-order valence-electron chi connectivity index (χ4n) is 3.06. The van der Waals surface area contributed by atoms with Gasteiger partial charge >= 0.3 is 13.5 Å². The number of aliphatic hydroxyl groups is 3. The fourth-order valence-corrected chi connectivity index (χ4v) is 3.41. The summed E-state index contributed by atoms with van der Waals surface area (Å²) in [5, 5.41) is 30.5. The molecule has 2 aliphatic rings. The largest absolute Gasteiger partial charge is 0.469 e. The second kappa shape index (κ2) is 10.6. The first kappa shape index (κ1) is 28.4. The van der Waals surface area contributed by atoms with Gasteiger partial charge in [-0.3, -0.25) is 14.3 Å². The van der Waals surface area contributed by atoms with Crippen molar-refractivity contribution in [1.82, 2.24) is 19.5 Å². The van der Waals surface area contributed by atoms with Crippen LogP contribution in [0.3, 0.4) is 0 Å². The summed E-state index contributed by atoms with van der Waals surface area (Å²) in [5.74, 6) is -0.142. The Hall–Kier alpha value is -2.59. The van der Waals surface area contributed by atoms with E-state index < -0.39 is 50.5 Å². The Balaban J connectivity index is 0.00000272. The van der Waals surface area contributed by atoms with Gasteiger partial charge in [-0.15, -0.1) is 0 Å². The molecule has 0 aliphatic carbocycles. The van der Waals surface area contributed by atoms with Gasteiger partial charge in [-0.25, -0.2) is 14.3 Å². The van der Waals surface area contributed by atoms with Crippen LogP contribution in [0.4, 0.5) is 0 Å². The summed E-state index contributed by atoms with van der Waals surface area (Å²) in [6.07, 6.45) is -5.40. The SMILES string of the molecule is Cc1cc2nc3c(=O)[nH]c(=O)nc-3n(CC(O)C(O)C(O)COP(=O)(O)O)c2cc1C.O.O. The number of H-pyrrole nitrogens is 1. The number of phosphoric acid groups is 1. The minimum atomic E-state index is -4.89. The second-order valence-corrected chi connectivity index (χ2v) is 8.34. The van der Waals surface area contributed by atoms with E-state index in [0.29, 0.717) is 11.0 Å². The number of aromatic nitrogens is 4. The molecule has 184 valence electrons. The summed E-state index contributed by atoms with van der Waals surface area (Å²) in [5.41, 5.74) is 0.618. The topological polar surface area (TPSA) is 271 Å². The minimum Gasteiger partial charge on any atom is -0.412 e. The van der Waals surface area contributed by atoms with E-state index in [4.69, 9.17) is 9.79 Å². The maximum absolute atomic E-state index is 12.2. The molecule has 0 spiro atoms. The van der Waals surface area contributed by atoms with Gasteiger partial charge in [0.2, 0.25) is 0 Å². The Morgan fingerprint density at radius 3 is 2.27 bits per heavy atom. The molecule has 0 saturated heterocycles. The molecule has 33 heavy (non-hydrogen) atoms. The highest BCUT2D eigenvalue weighted by molar-refractivity contribution is 7.46. The first-order valence-electron chi connectivity index (χ1n) is 9.03. The lowest BCUT2D eigenvalue weighted by Crippen LogP contribution is -2.42. The van der Waals surface area contributed by atoms with Crippen molar-refractivity contribution >= 4 is 18.9 Å². The molecular formula is C17H25N4O11P. The number of rotatable bonds is 7. The van der Waals surface area contributed by atoms with Gasteiger partial charge in [0.25, 0.3) is 5.56 Å². The number of phosphoric ester groups is 1. The number of nitrogens with one attached hydrogen (secondary N) is 1. The monoisotopic (exact) mass is 492 g/mol. The molecule has 1 aromatic rings. The standard InChI is InChI=1S/C17H21N4O9P.2H2O/c1-7-3-9-10(4-8(7)2)21(15-13(18-9)16(25)20-17(26)19-15)5-11(22)14(24)12(23)6-30-31(27,28)29;;/h3-4,11-12,14,22-24H,5-6H2,1-2H3,(H,20,25,26)(H2,27,28,29);2*1H2. The average Bonchev–Trinajstić information content (AvgIpc) is 2.67. The summed E-state index contributed by atoms with van der Waals surface area (Å²) in [4.78, 5) is 51.5. The number of aliphatic hydroxyl groups excluding tert-OH is 3. The molecule has 0 aromatic heterocycles. The van der Waals surface area contributed by atoms with Crippen molar-refractivity contribution in [3.8, 4) is 11.5 Å². The predicted molar refractivity (Wildman–Crippen MR) is 114 cm³/mol. The van der Waals surface area contributed by atoms with Crippen LogP contribution in [0.5, 0.6) is 0 Å². The summed E-state index contributed by atoms with van der Waals surface area (Å²) < 4.78 is 16.2. The van der Waals surface area contributed by atoms with Gasteiger partial charge in [-0.1, -0.05) is 0 Å². The minimum absolute atomic E-state index is 0. The molecule has 0 radical (unpaired) electrons. The van der Waals surface area contributed by atoms with E-state index in [-0.39, 0.29) is 22.5 Å². The van der Waals surface area contributed by atoms with Crippen LogP contribution in [0.15, 0.2) is 21.7 Å². The van der Waals surface area contributed by atoms with E-state index in [1.807, 2.05) is 18.8 Å². The predicted octanol–water partition coefficient (Wildman–Crippen LogP) is -3.26. The Morgan fingerprint density at radius 1 is 1.06 bits per heavy atom. The van der Waals surface area contributed by atoms with Crippen molar-refractivity contribution in [3.05, 3.63) is 44.1 Å². The molecule has 2 aliphatic heterocycles. The molecule has 3 unspecified atom stereocenters. The highest BCUT2D eigenvalue weighted by atomic mass is 31.2. The molecule has 0 fully saturated rings. The van der Waals surface area contributed by atoms with Gasteiger partial charge in [-0.2, -0.15) is 4.98 Å². The lowest BCUT2D eigenvalue weighted by molar-refractivity contribution is -0.0793. The quantitative estimate of drug-likeness (QED) is 0.141. The third-order valence-electron chi connectivity index (χ3n) is 4.80. The lowest BCUT2D eigenvalue weighted by atomic mass is 10.1. The molecule has 10 N–H and O–H groups in total. The molecule has 16 heteroatoms. The zero-order valence-electron chi connectivity index (χ0n) is 17.5. The van der Waals surface area contributed by atoms with Crippen molar-refractivity contribution in [2.45, 2.75) is 38.7 Å². The van der Waals surface area contributed by atoms with E-state index in [1.165, 1.54) is 4.57 Å². The van der Waals surface area contributed by atoms with Gasteiger partial charge in [0.1, 0.15) is 18.3 Å². The third-order valence-corrected chi connectivity index (χ3v) is 5.28. The molecular weight excluding hydrogens is 467 g/mol. The second-order valence-electron chi connectivity index (χ2n) is 7.10. The van der Waals surface area contributed by atoms with Gasteiger partial charge < -0.3 is 40.6 Å². The van der Waals surface area contributed by atoms with Crippen LogP contribution in [0, 0.1) is 13.8 Å². The van der Waals surface area contributed by atoms with Gasteiger partial charge in [0.05, 0.1) is 24.2 Å². The van der Waals surface area contributed by atoms with Crippen molar-refractivity contribution in [3.63, 3.8) is 0 Å². The molecule has 0 amide bonds. The summed E-state index contributed by atoms with van der Waals surface area (Å²) in [7, 11) is -4.89. The number of aromatic amines is 1. The number of hydrogen-bond acceptors (Lipinski definition) is 9. The maximum Gasteiger partial charge on any atom is 0.469 e. The number of benzene rings is 1. The highest BCUT2D eigenvalue weighted by Crippen LogP contribution is 2.36. The first-order valence-corrected chi connectivity index (χ1v) is 10.6. The van der Waals surface area contributed by atoms with Crippen molar-refractivity contribution < 1.29 is 45.1 Å². The van der Waals surface area contributed by atoms with E-state index in [0.717, 1.165) is 11.1 Å². The third kappa shape index (κ3) is 6.26. The first-order chi connectivity index (χ1) is 14.4. The Kier molecular flexibility index (Phi) is 9.10. The maximum atomic E-state index is 12.2. The molecule has 2 heterocycles. The average molecular weight is 492 g/mol. The Labute approximate surface area is 185 Å². The van der Waals surface area contributed by atoms with Gasteiger partial charge in [0.15, 0.2) is 11.5 Å². The van der Waals surface area contributed by atoms with Crippen LogP contribution in [0.2, 0.25) is 0 Å². The Bertz CT molecular complexity index is 1250. The molecule has 0 saturated carbocycles. The highest BCUT2D eigenvalue weighted by Gasteiger charge is 2.29. The van der Waals surface area contributed by atoms with E-state index in [1.54, 1.807) is 12.1 Å². The molecule has 3 rings (SSSR count). The smallest absolute Gasteiger partial charge is 0.412 e. The van der Waals surface area contributed by atoms with Crippen molar-refractivity contribution in [2.24, 2.45) is 0 Å². The molecule has 3 atom stereocenters. The Morgan fingerprint density at radius 2 is 1.67 bits per heavy atom. The summed E-state index contributed by atoms with van der Waals surface area (Å²) >= 11 is 0. The van der Waals surface area contributed by atoms with Crippen LogP contribution in [-0.4, -0.2) is 80.5 Å². The van der Waals surface area contributed by atoms with E-state index >= 15 is 0 Å². The summed E-state index contributed by atoms with van der Waals surface area (Å²) in [6, 6.07) is 3.41. The zero-order valence-corrected chi connectivity index (χ0v) is 18.4. The summed E-state index contributed by atoms with van der Waals surface area (Å²) in [6.45, 7) is 2.29. The van der Waals surface area contributed by atoms with Crippen LogP contribution in [-0.2, 0) is 15.6 Å². The van der Waals surface area contributed by atoms with E-state index in [2.05, 4.69) is 14.5 Å². The lowest BCUT2D eigenvalue weighted by Gasteiger charge is -2.25. The molecule has 1 aromatic carbocycles. The fraction of sp³-hybridized carbons (Fsp3) is 0.412. The number of nitrogens with zero attached hydrogens (tertiary/aromatic N) is 3. The van der Waals surface area contributed by atoms with E-state index in [9.17, 15) is 29.5 Å². The number of fused-ring (bicyclic) bond motifs is 2. The van der Waals surface area contributed by atoms with Crippen molar-refractivity contribution in [2.75, 3.05) is 6.61 Å². The van der Waals surface area contributed by atoms with Crippen LogP contribution >= 0.6 is 7.82 Å². The van der Waals surface area contributed by atoms with Crippen molar-refractivity contribution in [1.29, 1.82) is 0 Å². The molecule has 15 nitrogen and oxygen atoms in total. The zero-order chi connectivity index (χ0) is 23.1. The van der Waals surface area contributed by atoms with Crippen LogP contribution in [0.25, 0.3) is 22.6 Å². The number of hydrogen-bond donors (Lipinski definition) is 6. The van der Waals surface area contributed by atoms with Gasteiger partial charge in [0, 0.05) is 0 Å². The van der Waals surface area contributed by atoms with Crippen LogP contribution in [0.1, 0.15) is 11.1 Å². The normalized spacial score (nSPS) is 14.4.